The van der Waals surface area contributed by atoms with Gasteiger partial charge >= 0.3 is 12.0 Å². The minimum Gasteiger partial charge on any atom is -0.481 e. The van der Waals surface area contributed by atoms with Gasteiger partial charge in [0.1, 0.15) is 5.76 Å². The molecule has 0 aliphatic carbocycles. The second-order valence-electron chi connectivity index (χ2n) is 4.60. The van der Waals surface area contributed by atoms with Crippen molar-refractivity contribution in [2.45, 2.75) is 33.2 Å². The molecule has 112 valence electrons. The largest absolute Gasteiger partial charge is 0.481 e. The molecule has 1 aromatic heterocycles. The van der Waals surface area contributed by atoms with Gasteiger partial charge in [0.2, 0.25) is 0 Å². The van der Waals surface area contributed by atoms with Crippen LogP contribution in [-0.4, -0.2) is 35.1 Å². The number of carboxylic acid groups (broad SMARTS) is 1. The van der Waals surface area contributed by atoms with E-state index in [4.69, 9.17) is 9.52 Å². The van der Waals surface area contributed by atoms with E-state index in [1.807, 2.05) is 13.8 Å². The zero-order chi connectivity index (χ0) is 15.0. The molecule has 1 aromatic rings. The van der Waals surface area contributed by atoms with E-state index < -0.39 is 11.9 Å². The second-order valence-corrected chi connectivity index (χ2v) is 4.60. The first-order valence-corrected chi connectivity index (χ1v) is 6.86. The van der Waals surface area contributed by atoms with Gasteiger partial charge in [0.05, 0.1) is 18.7 Å². The van der Waals surface area contributed by atoms with Gasteiger partial charge in [-0.2, -0.15) is 0 Å². The molecule has 2 N–H and O–H groups in total. The predicted octanol–water partition coefficient (Wildman–Crippen LogP) is 2.31. The molecule has 0 saturated carbocycles. The minimum absolute atomic E-state index is 0.149. The number of aliphatic carboxylic acids is 1. The summed E-state index contributed by atoms with van der Waals surface area (Å²) in [4.78, 5) is 24.6. The number of carbonyl (C=O) groups is 2. The van der Waals surface area contributed by atoms with E-state index in [0.29, 0.717) is 25.3 Å². The van der Waals surface area contributed by atoms with Gasteiger partial charge < -0.3 is 19.7 Å². The molecule has 20 heavy (non-hydrogen) atoms. The topological polar surface area (TPSA) is 82.8 Å². The molecule has 0 radical (unpaired) electrons. The highest BCUT2D eigenvalue weighted by Crippen LogP contribution is 2.07. The third kappa shape index (κ3) is 4.95. The van der Waals surface area contributed by atoms with Crippen molar-refractivity contribution >= 4 is 12.0 Å². The first-order chi connectivity index (χ1) is 9.58. The predicted molar refractivity (Wildman–Crippen MR) is 74.2 cm³/mol. The molecular weight excluding hydrogens is 260 g/mol. The molecule has 0 bridgehead atoms. The fourth-order valence-corrected chi connectivity index (χ4v) is 1.90. The number of hydrogen-bond acceptors (Lipinski definition) is 3. The fourth-order valence-electron chi connectivity index (χ4n) is 1.90. The number of carboxylic acids is 1. The monoisotopic (exact) mass is 282 g/mol. The van der Waals surface area contributed by atoms with Gasteiger partial charge in [-0.3, -0.25) is 4.79 Å². The molecule has 0 aromatic carbocycles. The summed E-state index contributed by atoms with van der Waals surface area (Å²) < 4.78 is 5.20. The Morgan fingerprint density at radius 3 is 2.70 bits per heavy atom. The minimum atomic E-state index is -0.874. The molecule has 1 atom stereocenters. The highest BCUT2D eigenvalue weighted by Gasteiger charge is 2.19. The number of hydrogen-bond donors (Lipinski definition) is 2. The lowest BCUT2D eigenvalue weighted by Crippen LogP contribution is -2.42. The summed E-state index contributed by atoms with van der Waals surface area (Å²) in [6.07, 6.45) is 2.89. The van der Waals surface area contributed by atoms with Gasteiger partial charge in [-0.15, -0.1) is 0 Å². The maximum absolute atomic E-state index is 12.0. The SMILES string of the molecule is CCCC(CNC(=O)N(CC)Cc1ccco1)C(=O)O. The Bertz CT molecular complexity index is 417. The molecule has 6 nitrogen and oxygen atoms in total. The van der Waals surface area contributed by atoms with E-state index in [2.05, 4.69) is 5.32 Å². The van der Waals surface area contributed by atoms with E-state index in [1.54, 1.807) is 23.3 Å². The van der Waals surface area contributed by atoms with Crippen molar-refractivity contribution in [1.82, 2.24) is 10.2 Å². The molecule has 1 rings (SSSR count). The van der Waals surface area contributed by atoms with Crippen LogP contribution in [0.5, 0.6) is 0 Å². The van der Waals surface area contributed by atoms with Gasteiger partial charge in [0.15, 0.2) is 0 Å². The lowest BCUT2D eigenvalue weighted by atomic mass is 10.0. The number of nitrogens with zero attached hydrogens (tertiary/aromatic N) is 1. The summed E-state index contributed by atoms with van der Waals surface area (Å²) in [5, 5.41) is 11.7. The first kappa shape index (κ1) is 16.1. The maximum Gasteiger partial charge on any atom is 0.317 e. The normalized spacial score (nSPS) is 11.9. The van der Waals surface area contributed by atoms with Crippen molar-refractivity contribution < 1.29 is 19.1 Å². The summed E-state index contributed by atoms with van der Waals surface area (Å²) in [5.74, 6) is -0.710. The van der Waals surface area contributed by atoms with Crippen molar-refractivity contribution in [3.05, 3.63) is 24.2 Å². The van der Waals surface area contributed by atoms with Crippen molar-refractivity contribution in [2.24, 2.45) is 5.92 Å². The zero-order valence-electron chi connectivity index (χ0n) is 12.0. The highest BCUT2D eigenvalue weighted by molar-refractivity contribution is 5.76. The van der Waals surface area contributed by atoms with E-state index >= 15 is 0 Å². The smallest absolute Gasteiger partial charge is 0.317 e. The van der Waals surface area contributed by atoms with Crippen molar-refractivity contribution in [1.29, 1.82) is 0 Å². The molecule has 0 saturated heterocycles. The molecule has 0 aliphatic rings. The van der Waals surface area contributed by atoms with Gasteiger partial charge in [0.25, 0.3) is 0 Å². The Hall–Kier alpha value is -1.98. The van der Waals surface area contributed by atoms with Gasteiger partial charge in [-0.1, -0.05) is 13.3 Å². The molecule has 0 aliphatic heterocycles. The van der Waals surface area contributed by atoms with Crippen LogP contribution in [0.25, 0.3) is 0 Å². The van der Waals surface area contributed by atoms with Gasteiger partial charge in [-0.25, -0.2) is 4.79 Å². The Morgan fingerprint density at radius 2 is 2.20 bits per heavy atom. The molecular formula is C14H22N2O4. The van der Waals surface area contributed by atoms with Crippen LogP contribution in [0.3, 0.4) is 0 Å². The fraction of sp³-hybridized carbons (Fsp3) is 0.571. The van der Waals surface area contributed by atoms with Gasteiger partial charge in [-0.05, 0) is 25.5 Å². The van der Waals surface area contributed by atoms with Crippen LogP contribution in [0.2, 0.25) is 0 Å². The van der Waals surface area contributed by atoms with Crippen LogP contribution in [0.1, 0.15) is 32.4 Å². The summed E-state index contributed by atoms with van der Waals surface area (Å²) >= 11 is 0. The van der Waals surface area contributed by atoms with E-state index in [1.165, 1.54) is 0 Å². The van der Waals surface area contributed by atoms with Crippen LogP contribution in [0, 0.1) is 5.92 Å². The third-order valence-corrected chi connectivity index (χ3v) is 3.08. The second kappa shape index (κ2) is 8.24. The summed E-state index contributed by atoms with van der Waals surface area (Å²) in [5.41, 5.74) is 0. The van der Waals surface area contributed by atoms with Crippen LogP contribution in [-0.2, 0) is 11.3 Å². The zero-order valence-corrected chi connectivity index (χ0v) is 12.0. The summed E-state index contributed by atoms with van der Waals surface area (Å²) in [6.45, 7) is 4.84. The van der Waals surface area contributed by atoms with Crippen LogP contribution >= 0.6 is 0 Å². The van der Waals surface area contributed by atoms with Gasteiger partial charge in [0, 0.05) is 13.1 Å². The van der Waals surface area contributed by atoms with Crippen molar-refractivity contribution in [3.63, 3.8) is 0 Å². The van der Waals surface area contributed by atoms with E-state index in [9.17, 15) is 9.59 Å². The number of nitrogens with one attached hydrogen (secondary N) is 1. The Labute approximate surface area is 118 Å². The molecule has 0 spiro atoms. The standard InChI is InChI=1S/C14H22N2O4/c1-3-6-11(13(17)18)9-15-14(19)16(4-2)10-12-7-5-8-20-12/h5,7-8,11H,3-4,6,9-10H2,1-2H3,(H,15,19)(H,17,18). The maximum atomic E-state index is 12.0. The number of urea groups is 1. The Kier molecular flexibility index (Phi) is 6.63. The van der Waals surface area contributed by atoms with E-state index in [-0.39, 0.29) is 12.6 Å². The van der Waals surface area contributed by atoms with Crippen LogP contribution in [0.4, 0.5) is 4.79 Å². The lowest BCUT2D eigenvalue weighted by molar-refractivity contribution is -0.141. The van der Waals surface area contributed by atoms with Crippen molar-refractivity contribution in [3.8, 4) is 0 Å². The molecule has 1 unspecified atom stereocenters. The summed E-state index contributed by atoms with van der Waals surface area (Å²) in [6, 6.07) is 3.29. The van der Waals surface area contributed by atoms with E-state index in [0.717, 1.165) is 6.42 Å². The molecule has 2 amide bonds. The molecule has 0 fully saturated rings. The third-order valence-electron chi connectivity index (χ3n) is 3.08. The number of rotatable bonds is 8. The first-order valence-electron chi connectivity index (χ1n) is 6.86. The number of carbonyl (C=O) groups excluding carboxylic acids is 1. The average molecular weight is 282 g/mol. The lowest BCUT2D eigenvalue weighted by Gasteiger charge is -2.21. The summed E-state index contributed by atoms with van der Waals surface area (Å²) in [7, 11) is 0. The number of furan rings is 1. The Balaban J connectivity index is 2.48. The quantitative estimate of drug-likeness (QED) is 0.766. The number of amides is 2. The molecule has 1 heterocycles. The van der Waals surface area contributed by atoms with Crippen LogP contribution < -0.4 is 5.32 Å². The average Bonchev–Trinajstić information content (AvgIpc) is 2.93. The van der Waals surface area contributed by atoms with Crippen LogP contribution in [0.15, 0.2) is 22.8 Å². The highest BCUT2D eigenvalue weighted by atomic mass is 16.4. The van der Waals surface area contributed by atoms with Crippen molar-refractivity contribution in [2.75, 3.05) is 13.1 Å². The molecule has 6 heteroatoms. The Morgan fingerprint density at radius 1 is 1.45 bits per heavy atom.